The fraction of sp³-hybridized carbons (Fsp3) is 0.611. The third-order valence-electron chi connectivity index (χ3n) is 4.65. The Kier molecular flexibility index (Phi) is 7.63. The summed E-state index contributed by atoms with van der Waals surface area (Å²) in [6.07, 6.45) is 4.83. The molecule has 7 heteroatoms. The lowest BCUT2D eigenvalue weighted by atomic mass is 9.91. The van der Waals surface area contributed by atoms with Gasteiger partial charge in [0.05, 0.1) is 17.8 Å². The van der Waals surface area contributed by atoms with Gasteiger partial charge in [-0.05, 0) is 36.5 Å². The molecule has 1 fully saturated rings. The van der Waals surface area contributed by atoms with Crippen LogP contribution in [0.5, 0.6) is 0 Å². The number of benzene rings is 1. The number of rotatable bonds is 9. The molecule has 4 N–H and O–H groups in total. The summed E-state index contributed by atoms with van der Waals surface area (Å²) in [4.78, 5) is 21.1. The molecule has 2 rings (SSSR count). The minimum atomic E-state index is -3.32. The van der Waals surface area contributed by atoms with Gasteiger partial charge in [0.15, 0.2) is 0 Å². The Morgan fingerprint density at radius 3 is 2.68 bits per heavy atom. The second-order valence-corrected chi connectivity index (χ2v) is 9.43. The lowest BCUT2D eigenvalue weighted by Gasteiger charge is -2.25. The molecule has 0 bridgehead atoms. The summed E-state index contributed by atoms with van der Waals surface area (Å²) in [5.74, 6) is -0.672. The van der Waals surface area contributed by atoms with E-state index < -0.39 is 19.4 Å². The Morgan fingerprint density at radius 1 is 1.28 bits per heavy atom. The van der Waals surface area contributed by atoms with Crippen LogP contribution in [-0.2, 0) is 11.1 Å². The van der Waals surface area contributed by atoms with Gasteiger partial charge in [0, 0.05) is 19.3 Å². The van der Waals surface area contributed by atoms with Crippen molar-refractivity contribution in [2.45, 2.75) is 44.8 Å². The quantitative estimate of drug-likeness (QED) is 0.499. The van der Waals surface area contributed by atoms with Gasteiger partial charge in [0.25, 0.3) is 0 Å². The summed E-state index contributed by atoms with van der Waals surface area (Å²) in [5, 5.41) is 22.0. The molecule has 0 amide bonds. The Bertz CT molecular complexity index is 615. The van der Waals surface area contributed by atoms with E-state index in [0.717, 1.165) is 31.2 Å². The van der Waals surface area contributed by atoms with Crippen LogP contribution in [0.3, 0.4) is 0 Å². The summed E-state index contributed by atoms with van der Waals surface area (Å²) in [6.45, 7) is 0.600. The fourth-order valence-corrected chi connectivity index (χ4v) is 5.55. The molecule has 0 spiro atoms. The van der Waals surface area contributed by atoms with Crippen LogP contribution in [0, 0.1) is 5.92 Å². The minimum absolute atomic E-state index is 0.0916. The first-order valence-electron chi connectivity index (χ1n) is 8.87. The second kappa shape index (κ2) is 9.48. The van der Waals surface area contributed by atoms with Gasteiger partial charge in [0.2, 0.25) is 7.37 Å². The number of hydrogen-bond acceptors (Lipinski definition) is 4. The predicted molar refractivity (Wildman–Crippen MR) is 97.2 cm³/mol. The second-order valence-electron chi connectivity index (χ2n) is 7.01. The number of aliphatic hydroxyl groups is 1. The number of aliphatic hydroxyl groups excluding tert-OH is 1. The molecule has 1 aliphatic carbocycles. The molecule has 2 atom stereocenters. The van der Waals surface area contributed by atoms with E-state index in [-0.39, 0.29) is 18.3 Å². The monoisotopic (exact) mass is 369 g/mol. The van der Waals surface area contributed by atoms with Crippen molar-refractivity contribution in [1.29, 1.82) is 0 Å². The van der Waals surface area contributed by atoms with Crippen LogP contribution in [0.15, 0.2) is 24.3 Å². The van der Waals surface area contributed by atoms with Crippen molar-refractivity contribution in [3.63, 3.8) is 0 Å². The van der Waals surface area contributed by atoms with Crippen LogP contribution in [-0.4, -0.2) is 46.0 Å². The zero-order valence-electron chi connectivity index (χ0n) is 14.4. The van der Waals surface area contributed by atoms with Crippen molar-refractivity contribution in [3.8, 4) is 0 Å². The van der Waals surface area contributed by atoms with Gasteiger partial charge in [-0.15, -0.1) is 0 Å². The molecule has 0 aliphatic heterocycles. The van der Waals surface area contributed by atoms with E-state index in [4.69, 9.17) is 5.11 Å². The van der Waals surface area contributed by atoms with Gasteiger partial charge in [-0.2, -0.15) is 0 Å². The van der Waals surface area contributed by atoms with Crippen molar-refractivity contribution in [1.82, 2.24) is 5.32 Å². The first kappa shape index (κ1) is 20.1. The van der Waals surface area contributed by atoms with Crippen LogP contribution in [0.1, 0.15) is 48.0 Å². The number of nitrogens with one attached hydrogen (secondary N) is 1. The van der Waals surface area contributed by atoms with Gasteiger partial charge < -0.3 is 20.4 Å². The van der Waals surface area contributed by atoms with Crippen LogP contribution in [0.4, 0.5) is 0 Å². The molecule has 1 saturated carbocycles. The highest BCUT2D eigenvalue weighted by molar-refractivity contribution is 7.58. The van der Waals surface area contributed by atoms with Gasteiger partial charge in [-0.3, -0.25) is 4.57 Å². The lowest BCUT2D eigenvalue weighted by molar-refractivity contribution is 0.0696. The maximum atomic E-state index is 12.3. The average molecular weight is 369 g/mol. The number of carboxylic acid groups (broad SMARTS) is 1. The van der Waals surface area contributed by atoms with E-state index in [1.807, 2.05) is 0 Å². The largest absolute Gasteiger partial charge is 0.478 e. The molecule has 0 heterocycles. The number of aromatic carboxylic acids is 1. The minimum Gasteiger partial charge on any atom is -0.478 e. The first-order chi connectivity index (χ1) is 11.9. The smallest absolute Gasteiger partial charge is 0.335 e. The molecule has 0 saturated heterocycles. The molecule has 6 nitrogen and oxygen atoms in total. The van der Waals surface area contributed by atoms with Gasteiger partial charge in [-0.25, -0.2) is 4.79 Å². The molecule has 2 unspecified atom stereocenters. The van der Waals surface area contributed by atoms with Crippen molar-refractivity contribution < 1.29 is 24.5 Å². The molecule has 1 aliphatic rings. The van der Waals surface area contributed by atoms with Crippen LogP contribution < -0.4 is 5.32 Å². The Hall–Kier alpha value is -1.20. The fourth-order valence-electron chi connectivity index (χ4n) is 3.44. The zero-order valence-corrected chi connectivity index (χ0v) is 15.3. The van der Waals surface area contributed by atoms with E-state index in [1.54, 1.807) is 18.2 Å². The highest BCUT2D eigenvalue weighted by Crippen LogP contribution is 2.45. The Balaban J connectivity index is 1.74. The molecule has 0 radical (unpaired) electrons. The molecule has 140 valence electrons. The first-order valence-corrected chi connectivity index (χ1v) is 10.9. The molecule has 0 aromatic heterocycles. The molecular weight excluding hydrogens is 341 g/mol. The van der Waals surface area contributed by atoms with Crippen molar-refractivity contribution in [3.05, 3.63) is 35.4 Å². The van der Waals surface area contributed by atoms with E-state index in [0.29, 0.717) is 18.6 Å². The van der Waals surface area contributed by atoms with E-state index >= 15 is 0 Å². The highest BCUT2D eigenvalue weighted by Gasteiger charge is 2.27. The maximum absolute atomic E-state index is 12.3. The van der Waals surface area contributed by atoms with Crippen molar-refractivity contribution in [2.24, 2.45) is 5.92 Å². The zero-order chi connectivity index (χ0) is 18.3. The summed E-state index contributed by atoms with van der Waals surface area (Å²) in [5.41, 5.74) is 1.01. The molecule has 1 aromatic rings. The maximum Gasteiger partial charge on any atom is 0.335 e. The SMILES string of the molecule is O=C(O)c1cccc(CNCC(O)CP(=O)(O)CC2CCCCC2)c1. The molecule has 25 heavy (non-hydrogen) atoms. The summed E-state index contributed by atoms with van der Waals surface area (Å²) in [6, 6.07) is 6.56. The Labute approximate surface area is 148 Å². The van der Waals surface area contributed by atoms with Gasteiger partial charge in [0.1, 0.15) is 0 Å². The number of hydrogen-bond donors (Lipinski definition) is 4. The van der Waals surface area contributed by atoms with E-state index in [9.17, 15) is 19.4 Å². The summed E-state index contributed by atoms with van der Waals surface area (Å²) < 4.78 is 12.3. The number of carbonyl (C=O) groups is 1. The molecular formula is C18H28NO5P. The summed E-state index contributed by atoms with van der Waals surface area (Å²) in [7, 11) is -3.32. The summed E-state index contributed by atoms with van der Waals surface area (Å²) >= 11 is 0. The number of carboxylic acids is 1. The van der Waals surface area contributed by atoms with Gasteiger partial charge in [-0.1, -0.05) is 31.4 Å². The van der Waals surface area contributed by atoms with Crippen LogP contribution in [0.2, 0.25) is 0 Å². The third-order valence-corrected chi connectivity index (χ3v) is 6.73. The Morgan fingerprint density at radius 2 is 2.00 bits per heavy atom. The third kappa shape index (κ3) is 7.28. The highest BCUT2D eigenvalue weighted by atomic mass is 31.2. The van der Waals surface area contributed by atoms with Gasteiger partial charge >= 0.3 is 5.97 Å². The van der Waals surface area contributed by atoms with Crippen LogP contribution >= 0.6 is 7.37 Å². The van der Waals surface area contributed by atoms with E-state index in [2.05, 4.69) is 5.32 Å². The van der Waals surface area contributed by atoms with Crippen molar-refractivity contribution in [2.75, 3.05) is 18.9 Å². The van der Waals surface area contributed by atoms with E-state index in [1.165, 1.54) is 12.5 Å². The topological polar surface area (TPSA) is 107 Å². The standard InChI is InChI=1S/C18H28NO5P/c20-17(13-25(23,24)12-14-5-2-1-3-6-14)11-19-10-15-7-4-8-16(9-15)18(21)22/h4,7-9,14,17,19-20H,1-3,5-6,10-13H2,(H,21,22)(H,23,24). The van der Waals surface area contributed by atoms with Crippen LogP contribution in [0.25, 0.3) is 0 Å². The predicted octanol–water partition coefficient (Wildman–Crippen LogP) is 2.69. The molecule has 1 aromatic carbocycles. The average Bonchev–Trinajstić information content (AvgIpc) is 2.55. The van der Waals surface area contributed by atoms with Crippen molar-refractivity contribution >= 4 is 13.3 Å². The lowest BCUT2D eigenvalue weighted by Crippen LogP contribution is -2.30. The normalized spacial score (nSPS) is 19.3.